The number of nitrogens with zero attached hydrogens (tertiary/aromatic N) is 2. The van der Waals surface area contributed by atoms with E-state index in [-0.39, 0.29) is 18.1 Å². The number of carbonyl (C=O) groups excluding carboxylic acids is 2. The number of ether oxygens (including phenoxy) is 4. The van der Waals surface area contributed by atoms with Crippen LogP contribution in [0.1, 0.15) is 101 Å². The van der Waals surface area contributed by atoms with Crippen molar-refractivity contribution in [1.29, 1.82) is 0 Å². The van der Waals surface area contributed by atoms with Gasteiger partial charge in [0.2, 0.25) is 0 Å². The van der Waals surface area contributed by atoms with Gasteiger partial charge in [-0.15, -0.1) is 0 Å². The Labute approximate surface area is 256 Å². The van der Waals surface area contributed by atoms with Crippen LogP contribution in [-0.4, -0.2) is 59.1 Å². The molecule has 1 saturated heterocycles. The maximum absolute atomic E-state index is 13.1. The largest absolute Gasteiger partial charge is 0.496 e. The Morgan fingerprint density at radius 2 is 1.65 bits per heavy atom. The van der Waals surface area contributed by atoms with Crippen LogP contribution in [0.3, 0.4) is 0 Å². The van der Waals surface area contributed by atoms with E-state index in [2.05, 4.69) is 4.90 Å². The molecule has 8 nitrogen and oxygen atoms in total. The average Bonchev–Trinajstić information content (AvgIpc) is 3.27. The molecule has 1 aliphatic rings. The normalized spacial score (nSPS) is 18.3. The second-order valence-corrected chi connectivity index (χ2v) is 13.4. The number of aryl methyl sites for hydroxylation is 1. The molecule has 0 saturated carbocycles. The highest BCUT2D eigenvalue weighted by Crippen LogP contribution is 2.38. The van der Waals surface area contributed by atoms with Crippen molar-refractivity contribution in [2.45, 2.75) is 105 Å². The van der Waals surface area contributed by atoms with E-state index in [9.17, 15) is 9.59 Å². The number of carbonyl (C=O) groups is 2. The Bertz CT molecular complexity index is 1430. The van der Waals surface area contributed by atoms with E-state index in [4.69, 9.17) is 18.9 Å². The van der Waals surface area contributed by atoms with Gasteiger partial charge in [0.1, 0.15) is 17.0 Å². The zero-order valence-corrected chi connectivity index (χ0v) is 27.3. The van der Waals surface area contributed by atoms with Crippen LogP contribution in [0.2, 0.25) is 0 Å². The summed E-state index contributed by atoms with van der Waals surface area (Å²) in [6.45, 7) is 17.4. The number of esters is 1. The fraction of sp³-hybridized carbons (Fsp3) is 0.543. The average molecular weight is 593 g/mol. The molecule has 8 heteroatoms. The van der Waals surface area contributed by atoms with Crippen LogP contribution in [0.5, 0.6) is 5.75 Å². The van der Waals surface area contributed by atoms with Gasteiger partial charge in [-0.05, 0) is 117 Å². The number of rotatable bonds is 7. The van der Waals surface area contributed by atoms with Crippen molar-refractivity contribution in [3.63, 3.8) is 0 Å². The molecule has 0 radical (unpaired) electrons. The predicted molar refractivity (Wildman–Crippen MR) is 169 cm³/mol. The Kier molecular flexibility index (Phi) is 9.92. The van der Waals surface area contributed by atoms with E-state index >= 15 is 0 Å². The van der Waals surface area contributed by atoms with Crippen molar-refractivity contribution in [3.8, 4) is 5.75 Å². The molecule has 2 heterocycles. The van der Waals surface area contributed by atoms with Gasteiger partial charge in [-0.3, -0.25) is 9.47 Å². The zero-order valence-electron chi connectivity index (χ0n) is 27.3. The highest BCUT2D eigenvalue weighted by atomic mass is 16.6. The molecule has 1 aromatic heterocycles. The molecule has 2 aromatic carbocycles. The van der Waals surface area contributed by atoms with Gasteiger partial charge >= 0.3 is 12.1 Å². The van der Waals surface area contributed by atoms with Crippen LogP contribution in [0, 0.1) is 6.92 Å². The molecule has 0 amide bonds. The van der Waals surface area contributed by atoms with Crippen molar-refractivity contribution < 1.29 is 28.5 Å². The van der Waals surface area contributed by atoms with Gasteiger partial charge in [0, 0.05) is 36.3 Å². The lowest BCUT2D eigenvalue weighted by Gasteiger charge is -2.32. The third-order valence-corrected chi connectivity index (χ3v) is 7.63. The monoisotopic (exact) mass is 592 g/mol. The summed E-state index contributed by atoms with van der Waals surface area (Å²) in [7, 11) is 1.69. The molecule has 0 unspecified atom stereocenters. The zero-order chi connectivity index (χ0) is 31.5. The number of fused-ring (bicyclic) bond motifs is 1. The SMILES string of the molecule is CCO[C@@H]1CCCN(Cc2c(OC)cc(C)c3c2ccn3C(=O)OC(C)(C)C)[C@@H](c2ccc(C(=O)OC(C)(C)C)cc2)C1. The highest BCUT2D eigenvalue weighted by molar-refractivity contribution is 5.95. The van der Waals surface area contributed by atoms with Crippen molar-refractivity contribution in [1.82, 2.24) is 9.47 Å². The molecule has 2 atom stereocenters. The molecule has 0 bridgehead atoms. The summed E-state index contributed by atoms with van der Waals surface area (Å²) < 4.78 is 24.9. The molecule has 4 rings (SSSR count). The van der Waals surface area contributed by atoms with Crippen molar-refractivity contribution in [2.24, 2.45) is 0 Å². The number of likely N-dealkylation sites (tertiary alicyclic amines) is 1. The summed E-state index contributed by atoms with van der Waals surface area (Å²) >= 11 is 0. The number of hydrogen-bond donors (Lipinski definition) is 0. The summed E-state index contributed by atoms with van der Waals surface area (Å²) in [5.41, 5.74) is 3.28. The van der Waals surface area contributed by atoms with Crippen molar-refractivity contribution in [2.75, 3.05) is 20.3 Å². The summed E-state index contributed by atoms with van der Waals surface area (Å²) in [5.74, 6) is 0.460. The first-order valence-corrected chi connectivity index (χ1v) is 15.3. The maximum Gasteiger partial charge on any atom is 0.419 e. The number of aromatic nitrogens is 1. The number of methoxy groups -OCH3 is 1. The van der Waals surface area contributed by atoms with Crippen molar-refractivity contribution >= 4 is 23.0 Å². The minimum absolute atomic E-state index is 0.0562. The molecule has 43 heavy (non-hydrogen) atoms. The molecule has 1 fully saturated rings. The molecule has 3 aromatic rings. The minimum atomic E-state index is -0.605. The molecule has 234 valence electrons. The Morgan fingerprint density at radius 3 is 2.26 bits per heavy atom. The number of benzene rings is 2. The standard InChI is InChI=1S/C35H48N2O6/c1-10-41-26-12-11-18-36(29(21-26)24-13-15-25(16-14-24)32(38)42-34(3,4)5)22-28-27-17-19-37(33(39)43-35(6,7)8)31(27)23(2)20-30(28)40-9/h13-17,19-20,26,29H,10-12,18,21-22H2,1-9H3/t26-,29-/m1/s1. The van der Waals surface area contributed by atoms with Crippen LogP contribution in [-0.2, 0) is 20.8 Å². The molecule has 0 aliphatic carbocycles. The van der Waals surface area contributed by atoms with E-state index in [1.54, 1.807) is 17.9 Å². The fourth-order valence-corrected chi connectivity index (χ4v) is 5.87. The second kappa shape index (κ2) is 13.1. The van der Waals surface area contributed by atoms with E-state index in [1.165, 1.54) is 0 Å². The molecule has 0 N–H and O–H groups in total. The third kappa shape index (κ3) is 7.98. The molecular formula is C35H48N2O6. The number of hydrogen-bond acceptors (Lipinski definition) is 7. The van der Waals surface area contributed by atoms with Crippen LogP contribution in [0.25, 0.3) is 10.9 Å². The van der Waals surface area contributed by atoms with Crippen LogP contribution in [0.4, 0.5) is 4.79 Å². The summed E-state index contributed by atoms with van der Waals surface area (Å²) in [6.07, 6.45) is 4.32. The van der Waals surface area contributed by atoms with Gasteiger partial charge in [0.25, 0.3) is 0 Å². The quantitative estimate of drug-likeness (QED) is 0.259. The molecular weight excluding hydrogens is 544 g/mol. The predicted octanol–water partition coefficient (Wildman–Crippen LogP) is 7.83. The van der Waals surface area contributed by atoms with Gasteiger partial charge in [-0.25, -0.2) is 9.59 Å². The second-order valence-electron chi connectivity index (χ2n) is 13.4. The Hall–Kier alpha value is -3.36. The maximum atomic E-state index is 13.1. The van der Waals surface area contributed by atoms with Gasteiger partial charge in [0.15, 0.2) is 0 Å². The van der Waals surface area contributed by atoms with Crippen LogP contribution >= 0.6 is 0 Å². The fourth-order valence-electron chi connectivity index (χ4n) is 5.87. The van der Waals surface area contributed by atoms with Crippen LogP contribution < -0.4 is 4.74 Å². The smallest absolute Gasteiger partial charge is 0.419 e. The van der Waals surface area contributed by atoms with Gasteiger partial charge < -0.3 is 18.9 Å². The van der Waals surface area contributed by atoms with E-state index in [1.807, 2.05) is 91.8 Å². The summed E-state index contributed by atoms with van der Waals surface area (Å²) in [4.78, 5) is 28.3. The van der Waals surface area contributed by atoms with Crippen LogP contribution in [0.15, 0.2) is 42.6 Å². The first-order chi connectivity index (χ1) is 20.2. The topological polar surface area (TPSA) is 79.2 Å². The lowest BCUT2D eigenvalue weighted by atomic mass is 9.96. The van der Waals surface area contributed by atoms with Gasteiger partial charge in [0.05, 0.1) is 24.3 Å². The summed E-state index contributed by atoms with van der Waals surface area (Å²) in [5, 5.41) is 0.965. The summed E-state index contributed by atoms with van der Waals surface area (Å²) in [6, 6.07) is 11.8. The first kappa shape index (κ1) is 32.6. The van der Waals surface area contributed by atoms with Gasteiger partial charge in [-0.1, -0.05) is 12.1 Å². The van der Waals surface area contributed by atoms with E-state index in [0.29, 0.717) is 18.7 Å². The van der Waals surface area contributed by atoms with Gasteiger partial charge in [-0.2, -0.15) is 0 Å². The lowest BCUT2D eigenvalue weighted by Crippen LogP contribution is -2.30. The lowest BCUT2D eigenvalue weighted by molar-refractivity contribution is 0.00689. The highest BCUT2D eigenvalue weighted by Gasteiger charge is 2.30. The Morgan fingerprint density at radius 1 is 0.977 bits per heavy atom. The minimum Gasteiger partial charge on any atom is -0.496 e. The molecule has 1 aliphatic heterocycles. The third-order valence-electron chi connectivity index (χ3n) is 7.63. The Balaban J connectivity index is 1.72. The molecule has 0 spiro atoms. The van der Waals surface area contributed by atoms with Crippen molar-refractivity contribution in [3.05, 3.63) is 64.8 Å². The van der Waals surface area contributed by atoms with E-state index in [0.717, 1.165) is 59.2 Å². The van der Waals surface area contributed by atoms with E-state index < -0.39 is 17.3 Å². The first-order valence-electron chi connectivity index (χ1n) is 15.3.